The van der Waals surface area contributed by atoms with Gasteiger partial charge in [0.25, 0.3) is 5.92 Å². The molecule has 0 atom stereocenters. The van der Waals surface area contributed by atoms with Gasteiger partial charge >= 0.3 is 0 Å². The van der Waals surface area contributed by atoms with E-state index in [2.05, 4.69) is 48.6 Å². The molecule has 1 saturated heterocycles. The average Bonchev–Trinajstić information content (AvgIpc) is 3.06. The maximum absolute atomic E-state index is 13.9. The van der Waals surface area contributed by atoms with Gasteiger partial charge in [0.05, 0.1) is 12.2 Å². The average molecular weight is 511 g/mol. The second-order valence-electron chi connectivity index (χ2n) is 11.8. The number of aryl methyl sites for hydroxylation is 1. The topological polar surface area (TPSA) is 50.1 Å². The number of rotatable bonds is 3. The van der Waals surface area contributed by atoms with E-state index >= 15 is 0 Å². The Hall–Kier alpha value is -2.58. The van der Waals surface area contributed by atoms with Crippen LogP contribution in [0.2, 0.25) is 5.02 Å². The summed E-state index contributed by atoms with van der Waals surface area (Å²) in [6.45, 7) is 7.09. The minimum atomic E-state index is -2.60. The van der Waals surface area contributed by atoms with E-state index < -0.39 is 11.5 Å². The first-order valence-corrected chi connectivity index (χ1v) is 13.0. The molecule has 0 radical (unpaired) electrons. The van der Waals surface area contributed by atoms with Gasteiger partial charge < -0.3 is 4.90 Å². The summed E-state index contributed by atoms with van der Waals surface area (Å²) in [5.74, 6) is 0.590. The van der Waals surface area contributed by atoms with Crippen LogP contribution in [0, 0.1) is 12.3 Å². The van der Waals surface area contributed by atoms with Crippen molar-refractivity contribution < 1.29 is 8.78 Å². The van der Waals surface area contributed by atoms with Gasteiger partial charge in [-0.2, -0.15) is 0 Å². The van der Waals surface area contributed by atoms with Gasteiger partial charge in [-0.05, 0) is 62.1 Å². The lowest BCUT2D eigenvalue weighted by atomic mass is 9.57. The SMILES string of the molecule is Cc1ccc(N2CC3(CC(c4nnc5n4-c4ccc(Cl)cc4CN(C4(C)CC(F)(F)C4)C5)C3)C2)nc1. The van der Waals surface area contributed by atoms with Crippen LogP contribution in [0.5, 0.6) is 0 Å². The molecule has 2 saturated carbocycles. The van der Waals surface area contributed by atoms with Crippen molar-refractivity contribution in [2.45, 2.75) is 70.0 Å². The summed E-state index contributed by atoms with van der Waals surface area (Å²) >= 11 is 6.37. The Balaban J connectivity index is 1.14. The molecule has 4 aliphatic rings. The van der Waals surface area contributed by atoms with Gasteiger partial charge in [0, 0.05) is 60.6 Å². The third-order valence-electron chi connectivity index (χ3n) is 8.77. The van der Waals surface area contributed by atoms with Crippen molar-refractivity contribution in [1.29, 1.82) is 0 Å². The highest BCUT2D eigenvalue weighted by atomic mass is 35.5. The fourth-order valence-corrected chi connectivity index (χ4v) is 7.15. The standard InChI is InChI=1S/C27H29ClF2N6/c1-17-3-6-22(31-10-17)34-15-26(16-34)8-19(9-26)24-33-32-23-12-35(25(2)13-27(29,30)14-25)11-18-7-20(28)4-5-21(18)36(23)24/h3-7,10,19H,8-9,11-16H2,1-2H3. The normalized spacial score (nSPS) is 23.8. The molecule has 6 nitrogen and oxygen atoms in total. The molecular formula is C27H29ClF2N6. The number of aromatic nitrogens is 4. The highest BCUT2D eigenvalue weighted by Gasteiger charge is 2.57. The molecule has 188 valence electrons. The monoisotopic (exact) mass is 510 g/mol. The minimum absolute atomic E-state index is 0.131. The van der Waals surface area contributed by atoms with E-state index in [4.69, 9.17) is 11.6 Å². The summed E-state index contributed by atoms with van der Waals surface area (Å²) < 4.78 is 30.0. The number of nitrogens with zero attached hydrogens (tertiary/aromatic N) is 6. The maximum atomic E-state index is 13.9. The lowest BCUT2D eigenvalue weighted by Crippen LogP contribution is -2.62. The van der Waals surface area contributed by atoms with Crippen LogP contribution < -0.4 is 4.90 Å². The Bertz CT molecular complexity index is 1330. The Morgan fingerprint density at radius 3 is 2.50 bits per heavy atom. The number of pyridine rings is 1. The number of hydrogen-bond acceptors (Lipinski definition) is 5. The van der Waals surface area contributed by atoms with Crippen molar-refractivity contribution in [3.8, 4) is 5.69 Å². The molecule has 1 spiro atoms. The molecule has 2 aliphatic carbocycles. The van der Waals surface area contributed by atoms with Gasteiger partial charge in [-0.3, -0.25) is 9.47 Å². The molecule has 7 rings (SSSR count). The summed E-state index contributed by atoms with van der Waals surface area (Å²) in [5, 5.41) is 9.90. The van der Waals surface area contributed by atoms with Crippen molar-refractivity contribution in [2.24, 2.45) is 5.41 Å². The van der Waals surface area contributed by atoms with Crippen LogP contribution in [0.25, 0.3) is 5.69 Å². The summed E-state index contributed by atoms with van der Waals surface area (Å²) in [6, 6.07) is 10.1. The molecule has 3 fully saturated rings. The van der Waals surface area contributed by atoms with Gasteiger partial charge in [0.15, 0.2) is 5.82 Å². The van der Waals surface area contributed by atoms with Crippen LogP contribution in [0.4, 0.5) is 14.6 Å². The number of halogens is 3. The van der Waals surface area contributed by atoms with E-state index in [1.54, 1.807) is 0 Å². The first-order chi connectivity index (χ1) is 17.1. The largest absolute Gasteiger partial charge is 0.355 e. The van der Waals surface area contributed by atoms with E-state index in [1.807, 2.05) is 31.3 Å². The van der Waals surface area contributed by atoms with Gasteiger partial charge in [-0.25, -0.2) is 13.8 Å². The smallest absolute Gasteiger partial charge is 0.251 e. The van der Waals surface area contributed by atoms with E-state index in [1.165, 1.54) is 5.56 Å². The van der Waals surface area contributed by atoms with Gasteiger partial charge in [0.1, 0.15) is 11.6 Å². The summed E-state index contributed by atoms with van der Waals surface area (Å²) in [5.41, 5.74) is 2.98. The molecule has 4 heterocycles. The van der Waals surface area contributed by atoms with Crippen molar-refractivity contribution in [1.82, 2.24) is 24.6 Å². The molecule has 0 bridgehead atoms. The fraction of sp³-hybridized carbons (Fsp3) is 0.519. The van der Waals surface area contributed by atoms with Crippen LogP contribution in [-0.2, 0) is 13.1 Å². The first kappa shape index (κ1) is 22.6. The second kappa shape index (κ2) is 7.48. The van der Waals surface area contributed by atoms with E-state index in [0.717, 1.165) is 54.6 Å². The number of anilines is 1. The molecule has 2 aliphatic heterocycles. The van der Waals surface area contributed by atoms with Crippen molar-refractivity contribution in [2.75, 3.05) is 18.0 Å². The Labute approximate surface area is 214 Å². The van der Waals surface area contributed by atoms with Gasteiger partial charge in [-0.15, -0.1) is 10.2 Å². The van der Waals surface area contributed by atoms with Crippen molar-refractivity contribution >= 4 is 17.4 Å². The van der Waals surface area contributed by atoms with Crippen LogP contribution in [-0.4, -0.2) is 49.2 Å². The lowest BCUT2D eigenvalue weighted by molar-refractivity contribution is -0.173. The van der Waals surface area contributed by atoms with Crippen LogP contribution in [0.15, 0.2) is 36.5 Å². The van der Waals surface area contributed by atoms with E-state index in [9.17, 15) is 8.78 Å². The van der Waals surface area contributed by atoms with Crippen LogP contribution in [0.3, 0.4) is 0 Å². The Morgan fingerprint density at radius 2 is 1.81 bits per heavy atom. The predicted octanol–water partition coefficient (Wildman–Crippen LogP) is 5.51. The van der Waals surface area contributed by atoms with E-state index in [0.29, 0.717) is 29.4 Å². The Kier molecular flexibility index (Phi) is 4.70. The third-order valence-corrected chi connectivity index (χ3v) is 9.00. The number of fused-ring (bicyclic) bond motifs is 3. The van der Waals surface area contributed by atoms with Crippen molar-refractivity contribution in [3.05, 3.63) is 64.3 Å². The second-order valence-corrected chi connectivity index (χ2v) is 12.2. The quantitative estimate of drug-likeness (QED) is 0.465. The summed E-state index contributed by atoms with van der Waals surface area (Å²) in [7, 11) is 0. The molecule has 2 aromatic heterocycles. The zero-order chi connectivity index (χ0) is 24.9. The molecule has 0 unspecified atom stereocenters. The molecule has 36 heavy (non-hydrogen) atoms. The number of hydrogen-bond donors (Lipinski definition) is 0. The number of benzene rings is 1. The zero-order valence-electron chi connectivity index (χ0n) is 20.5. The molecule has 0 amide bonds. The minimum Gasteiger partial charge on any atom is -0.355 e. The fourth-order valence-electron chi connectivity index (χ4n) is 6.96. The first-order valence-electron chi connectivity index (χ1n) is 12.7. The lowest BCUT2D eigenvalue weighted by Gasteiger charge is -2.59. The Morgan fingerprint density at radius 1 is 1.03 bits per heavy atom. The summed E-state index contributed by atoms with van der Waals surface area (Å²) in [4.78, 5) is 9.07. The molecule has 1 aromatic carbocycles. The van der Waals surface area contributed by atoms with Gasteiger partial charge in [-0.1, -0.05) is 17.7 Å². The third kappa shape index (κ3) is 3.48. The van der Waals surface area contributed by atoms with Crippen LogP contribution in [0.1, 0.15) is 61.3 Å². The predicted molar refractivity (Wildman–Crippen MR) is 134 cm³/mol. The van der Waals surface area contributed by atoms with E-state index in [-0.39, 0.29) is 12.8 Å². The van der Waals surface area contributed by atoms with Gasteiger partial charge in [0.2, 0.25) is 0 Å². The van der Waals surface area contributed by atoms with Crippen molar-refractivity contribution in [3.63, 3.8) is 0 Å². The van der Waals surface area contributed by atoms with Crippen LogP contribution >= 0.6 is 11.6 Å². The number of alkyl halides is 2. The summed E-state index contributed by atoms with van der Waals surface area (Å²) in [6.07, 6.45) is 3.81. The zero-order valence-corrected chi connectivity index (χ0v) is 21.3. The molecular weight excluding hydrogens is 482 g/mol. The molecule has 0 N–H and O–H groups in total. The highest BCUT2D eigenvalue weighted by molar-refractivity contribution is 6.30. The maximum Gasteiger partial charge on any atom is 0.251 e. The molecule has 3 aromatic rings. The molecule has 9 heteroatoms. The highest BCUT2D eigenvalue weighted by Crippen LogP contribution is 2.57.